The predicted octanol–water partition coefficient (Wildman–Crippen LogP) is 2.49. The molecular formula is C16H21N3O. The number of hydrogen-bond acceptors (Lipinski definition) is 2. The fraction of sp³-hybridized carbons (Fsp3) is 0.375. The number of rotatable bonds is 6. The van der Waals surface area contributed by atoms with Crippen LogP contribution in [0.3, 0.4) is 0 Å². The van der Waals surface area contributed by atoms with Gasteiger partial charge in [0.15, 0.2) is 0 Å². The van der Waals surface area contributed by atoms with E-state index in [1.54, 1.807) is 4.90 Å². The molecule has 4 nitrogen and oxygen atoms in total. The van der Waals surface area contributed by atoms with E-state index in [-0.39, 0.29) is 5.91 Å². The van der Waals surface area contributed by atoms with E-state index in [0.29, 0.717) is 13.0 Å². The summed E-state index contributed by atoms with van der Waals surface area (Å²) in [5.74, 6) is 0.165. The lowest BCUT2D eigenvalue weighted by Crippen LogP contribution is -2.26. The van der Waals surface area contributed by atoms with Crippen molar-refractivity contribution in [3.63, 3.8) is 0 Å². The zero-order valence-electron chi connectivity index (χ0n) is 12.1. The zero-order valence-corrected chi connectivity index (χ0v) is 12.1. The maximum Gasteiger partial charge on any atom is 0.222 e. The summed E-state index contributed by atoms with van der Waals surface area (Å²) >= 11 is 0. The van der Waals surface area contributed by atoms with Gasteiger partial charge >= 0.3 is 0 Å². The Kier molecular flexibility index (Phi) is 4.93. The van der Waals surface area contributed by atoms with Crippen molar-refractivity contribution in [1.82, 2.24) is 14.7 Å². The number of hydrogen-bond donors (Lipinski definition) is 0. The molecule has 0 radical (unpaired) electrons. The number of aromatic nitrogens is 2. The van der Waals surface area contributed by atoms with Gasteiger partial charge in [-0.05, 0) is 18.9 Å². The van der Waals surface area contributed by atoms with Crippen molar-refractivity contribution in [2.75, 3.05) is 7.05 Å². The van der Waals surface area contributed by atoms with E-state index in [9.17, 15) is 4.79 Å². The van der Waals surface area contributed by atoms with Gasteiger partial charge in [0.1, 0.15) is 0 Å². The van der Waals surface area contributed by atoms with E-state index in [2.05, 4.69) is 17.2 Å². The van der Waals surface area contributed by atoms with Gasteiger partial charge in [0.2, 0.25) is 5.91 Å². The summed E-state index contributed by atoms with van der Waals surface area (Å²) in [6.45, 7) is 3.52. The highest BCUT2D eigenvalue weighted by Crippen LogP contribution is 2.07. The van der Waals surface area contributed by atoms with Gasteiger partial charge in [-0.2, -0.15) is 5.10 Å². The lowest BCUT2D eigenvalue weighted by molar-refractivity contribution is -0.130. The smallest absolute Gasteiger partial charge is 0.222 e. The van der Waals surface area contributed by atoms with E-state index in [0.717, 1.165) is 18.5 Å². The lowest BCUT2D eigenvalue weighted by Gasteiger charge is -2.16. The molecule has 0 saturated heterocycles. The van der Waals surface area contributed by atoms with Crippen LogP contribution < -0.4 is 0 Å². The first-order valence-corrected chi connectivity index (χ1v) is 6.98. The molecule has 106 valence electrons. The number of benzene rings is 1. The quantitative estimate of drug-likeness (QED) is 0.809. The number of amides is 1. The first kappa shape index (κ1) is 14.3. The van der Waals surface area contributed by atoms with Crippen LogP contribution in [0, 0.1) is 0 Å². The molecular weight excluding hydrogens is 250 g/mol. The molecule has 2 rings (SSSR count). The lowest BCUT2D eigenvalue weighted by atomic mass is 10.1. The van der Waals surface area contributed by atoms with Crippen molar-refractivity contribution in [3.8, 4) is 0 Å². The van der Waals surface area contributed by atoms with Crippen molar-refractivity contribution in [1.29, 1.82) is 0 Å². The van der Waals surface area contributed by atoms with Crippen LogP contribution in [-0.4, -0.2) is 27.6 Å². The highest BCUT2D eigenvalue weighted by molar-refractivity contribution is 5.76. The minimum absolute atomic E-state index is 0.165. The highest BCUT2D eigenvalue weighted by Gasteiger charge is 2.10. The molecule has 0 aliphatic heterocycles. The van der Waals surface area contributed by atoms with Crippen molar-refractivity contribution in [2.24, 2.45) is 0 Å². The Balaban J connectivity index is 1.82. The molecule has 1 amide bonds. The molecule has 2 aromatic rings. The van der Waals surface area contributed by atoms with Gasteiger partial charge in [-0.25, -0.2) is 0 Å². The van der Waals surface area contributed by atoms with E-state index >= 15 is 0 Å². The molecule has 1 heterocycles. The summed E-state index contributed by atoms with van der Waals surface area (Å²) in [5, 5.41) is 4.22. The Morgan fingerprint density at radius 2 is 2.00 bits per heavy atom. The normalized spacial score (nSPS) is 10.5. The molecule has 0 aliphatic carbocycles. The van der Waals surface area contributed by atoms with Crippen LogP contribution in [0.15, 0.2) is 42.7 Å². The number of carbonyl (C=O) groups excluding carboxylic acids is 1. The second kappa shape index (κ2) is 6.89. The Labute approximate surface area is 120 Å². The van der Waals surface area contributed by atoms with Crippen molar-refractivity contribution >= 4 is 5.91 Å². The molecule has 1 aromatic heterocycles. The second-order valence-electron chi connectivity index (χ2n) is 4.94. The average Bonchev–Trinajstić information content (AvgIpc) is 2.93. The number of aryl methyl sites for hydroxylation is 2. The summed E-state index contributed by atoms with van der Waals surface area (Å²) in [7, 11) is 1.84. The monoisotopic (exact) mass is 271 g/mol. The van der Waals surface area contributed by atoms with Gasteiger partial charge < -0.3 is 4.90 Å². The Morgan fingerprint density at radius 1 is 1.25 bits per heavy atom. The van der Waals surface area contributed by atoms with Crippen LogP contribution in [0.1, 0.15) is 24.5 Å². The van der Waals surface area contributed by atoms with Crippen molar-refractivity contribution in [3.05, 3.63) is 53.9 Å². The molecule has 0 N–H and O–H groups in total. The molecule has 0 bridgehead atoms. The largest absolute Gasteiger partial charge is 0.341 e. The summed E-state index contributed by atoms with van der Waals surface area (Å²) in [4.78, 5) is 13.9. The highest BCUT2D eigenvalue weighted by atomic mass is 16.2. The van der Waals surface area contributed by atoms with Crippen LogP contribution in [-0.2, 0) is 24.3 Å². The molecule has 4 heteroatoms. The molecule has 0 saturated carbocycles. The molecule has 0 aliphatic rings. The summed E-state index contributed by atoms with van der Waals surface area (Å²) in [6, 6.07) is 10.1. The zero-order chi connectivity index (χ0) is 14.4. The average molecular weight is 271 g/mol. The Hall–Kier alpha value is -2.10. The number of nitrogens with zero attached hydrogens (tertiary/aromatic N) is 3. The van der Waals surface area contributed by atoms with Gasteiger partial charge in [-0.3, -0.25) is 9.48 Å². The summed E-state index contributed by atoms with van der Waals surface area (Å²) in [6.07, 6.45) is 5.14. The predicted molar refractivity (Wildman–Crippen MR) is 79.1 cm³/mol. The van der Waals surface area contributed by atoms with Crippen LogP contribution in [0.25, 0.3) is 0 Å². The van der Waals surface area contributed by atoms with Crippen molar-refractivity contribution < 1.29 is 4.79 Å². The van der Waals surface area contributed by atoms with Gasteiger partial charge in [0.05, 0.1) is 6.20 Å². The fourth-order valence-electron chi connectivity index (χ4n) is 2.11. The van der Waals surface area contributed by atoms with E-state index < -0.39 is 0 Å². The topological polar surface area (TPSA) is 38.1 Å². The standard InChI is InChI=1S/C16H21N3O/c1-3-19-13-15(11-17-19)12-18(2)16(20)10-9-14-7-5-4-6-8-14/h4-8,11,13H,3,9-10,12H2,1-2H3. The molecule has 0 spiro atoms. The van der Waals surface area contributed by atoms with Gasteiger partial charge in [-0.1, -0.05) is 30.3 Å². The molecule has 0 fully saturated rings. The van der Waals surface area contributed by atoms with E-state index in [1.807, 2.05) is 49.2 Å². The minimum Gasteiger partial charge on any atom is -0.341 e. The fourth-order valence-corrected chi connectivity index (χ4v) is 2.11. The van der Waals surface area contributed by atoms with E-state index in [4.69, 9.17) is 0 Å². The Morgan fingerprint density at radius 3 is 2.65 bits per heavy atom. The maximum absolute atomic E-state index is 12.1. The van der Waals surface area contributed by atoms with Crippen LogP contribution in [0.5, 0.6) is 0 Å². The Bertz CT molecular complexity index is 548. The second-order valence-corrected chi connectivity index (χ2v) is 4.94. The van der Waals surface area contributed by atoms with Crippen molar-refractivity contribution in [2.45, 2.75) is 32.9 Å². The first-order chi connectivity index (χ1) is 9.69. The maximum atomic E-state index is 12.1. The van der Waals surface area contributed by atoms with E-state index in [1.165, 1.54) is 5.56 Å². The molecule has 20 heavy (non-hydrogen) atoms. The third-order valence-electron chi connectivity index (χ3n) is 3.33. The van der Waals surface area contributed by atoms with Gasteiger partial charge in [-0.15, -0.1) is 0 Å². The van der Waals surface area contributed by atoms with Gasteiger partial charge in [0.25, 0.3) is 0 Å². The van der Waals surface area contributed by atoms with Gasteiger partial charge in [0, 0.05) is 38.3 Å². The number of carbonyl (C=O) groups is 1. The third-order valence-corrected chi connectivity index (χ3v) is 3.33. The third kappa shape index (κ3) is 3.95. The molecule has 0 unspecified atom stereocenters. The SMILES string of the molecule is CCn1cc(CN(C)C(=O)CCc2ccccc2)cn1. The summed E-state index contributed by atoms with van der Waals surface area (Å²) in [5.41, 5.74) is 2.27. The van der Waals surface area contributed by atoms with Crippen LogP contribution >= 0.6 is 0 Å². The summed E-state index contributed by atoms with van der Waals surface area (Å²) < 4.78 is 1.87. The molecule has 0 atom stereocenters. The first-order valence-electron chi connectivity index (χ1n) is 6.98. The minimum atomic E-state index is 0.165. The molecule has 1 aromatic carbocycles. The van der Waals surface area contributed by atoms with Crippen LogP contribution in [0.4, 0.5) is 0 Å². The van der Waals surface area contributed by atoms with Crippen LogP contribution in [0.2, 0.25) is 0 Å².